The molecule has 0 spiro atoms. The lowest BCUT2D eigenvalue weighted by molar-refractivity contribution is -0.116. The number of amides is 2. The third-order valence-corrected chi connectivity index (χ3v) is 4.46. The van der Waals surface area contributed by atoms with Gasteiger partial charge in [-0.05, 0) is 18.6 Å². The Bertz CT molecular complexity index is 799. The van der Waals surface area contributed by atoms with Gasteiger partial charge in [-0.1, -0.05) is 35.5 Å². The molecule has 1 fully saturated rings. The number of aryl methyl sites for hydroxylation is 1. The predicted octanol–water partition coefficient (Wildman–Crippen LogP) is 1.99. The van der Waals surface area contributed by atoms with Crippen LogP contribution >= 0.6 is 12.4 Å². The van der Waals surface area contributed by atoms with E-state index in [9.17, 15) is 9.59 Å². The molecule has 2 heterocycles. The first kappa shape index (κ1) is 21.7. The predicted molar refractivity (Wildman–Crippen MR) is 109 cm³/mol. The van der Waals surface area contributed by atoms with E-state index >= 15 is 0 Å². The number of hydrogen-bond acceptors (Lipinski definition) is 5. The van der Waals surface area contributed by atoms with Gasteiger partial charge in [-0.15, -0.1) is 12.4 Å². The van der Waals surface area contributed by atoms with E-state index in [1.807, 2.05) is 30.3 Å². The summed E-state index contributed by atoms with van der Waals surface area (Å²) in [5.74, 6) is 0.439. The Morgan fingerprint density at radius 3 is 2.54 bits per heavy atom. The van der Waals surface area contributed by atoms with Crippen molar-refractivity contribution in [1.29, 1.82) is 0 Å². The van der Waals surface area contributed by atoms with Crippen LogP contribution in [0.25, 0.3) is 6.08 Å². The Morgan fingerprint density at radius 1 is 1.18 bits per heavy atom. The monoisotopic (exact) mass is 404 g/mol. The number of aromatic nitrogens is 1. The fourth-order valence-corrected chi connectivity index (χ4v) is 2.94. The van der Waals surface area contributed by atoms with Crippen LogP contribution in [0.2, 0.25) is 0 Å². The molecule has 2 aromatic rings. The first-order chi connectivity index (χ1) is 13.1. The molecule has 0 bridgehead atoms. The summed E-state index contributed by atoms with van der Waals surface area (Å²) in [5, 5.41) is 6.68. The molecule has 1 saturated heterocycles. The smallest absolute Gasteiger partial charge is 0.276 e. The molecular weight excluding hydrogens is 380 g/mol. The highest BCUT2D eigenvalue weighted by Gasteiger charge is 2.23. The molecule has 0 unspecified atom stereocenters. The van der Waals surface area contributed by atoms with Gasteiger partial charge < -0.3 is 14.7 Å². The molecule has 150 valence electrons. The summed E-state index contributed by atoms with van der Waals surface area (Å²) in [5.41, 5.74) is 1.36. The molecule has 1 aromatic heterocycles. The van der Waals surface area contributed by atoms with Gasteiger partial charge in [-0.25, -0.2) is 0 Å². The van der Waals surface area contributed by atoms with Gasteiger partial charge in [-0.3, -0.25) is 14.5 Å². The molecule has 1 aliphatic heterocycles. The highest BCUT2D eigenvalue weighted by molar-refractivity contribution is 5.92. The maximum atomic E-state index is 12.3. The van der Waals surface area contributed by atoms with Crippen LogP contribution in [0.1, 0.15) is 21.8 Å². The first-order valence-corrected chi connectivity index (χ1v) is 9.08. The number of rotatable bonds is 6. The van der Waals surface area contributed by atoms with Crippen molar-refractivity contribution >= 4 is 30.3 Å². The summed E-state index contributed by atoms with van der Waals surface area (Å²) in [4.78, 5) is 28.2. The number of benzene rings is 1. The van der Waals surface area contributed by atoms with Gasteiger partial charge in [-0.2, -0.15) is 0 Å². The van der Waals surface area contributed by atoms with Crippen molar-refractivity contribution in [3.63, 3.8) is 0 Å². The Balaban J connectivity index is 0.00000280. The number of nitrogens with zero attached hydrogens (tertiary/aromatic N) is 3. The largest absolute Gasteiger partial charge is 0.361 e. The molecule has 28 heavy (non-hydrogen) atoms. The molecule has 3 rings (SSSR count). The minimum Gasteiger partial charge on any atom is -0.361 e. The Hall–Kier alpha value is -2.64. The highest BCUT2D eigenvalue weighted by atomic mass is 35.5. The standard InChI is InChI=1S/C20H24N4O3.ClH/c1-16-15-18(22-27-16)20(26)24-13-11-23(12-14-24)10-9-21-19(25)8-7-17-5-3-2-4-6-17;/h2-8,15H,9-14H2,1H3,(H,21,25);1H/b8-7+;. The van der Waals surface area contributed by atoms with Crippen LogP contribution < -0.4 is 5.32 Å². The van der Waals surface area contributed by atoms with Crippen LogP contribution in [0.4, 0.5) is 0 Å². The third-order valence-electron chi connectivity index (χ3n) is 4.46. The lowest BCUT2D eigenvalue weighted by atomic mass is 10.2. The normalized spacial score (nSPS) is 14.7. The zero-order valence-corrected chi connectivity index (χ0v) is 16.7. The molecule has 0 saturated carbocycles. The Morgan fingerprint density at radius 2 is 1.89 bits per heavy atom. The Labute approximate surface area is 170 Å². The van der Waals surface area contributed by atoms with E-state index in [2.05, 4.69) is 15.4 Å². The molecule has 8 heteroatoms. The average Bonchev–Trinajstić information content (AvgIpc) is 3.13. The highest BCUT2D eigenvalue weighted by Crippen LogP contribution is 2.09. The molecule has 7 nitrogen and oxygen atoms in total. The fraction of sp³-hybridized carbons (Fsp3) is 0.350. The van der Waals surface area contributed by atoms with Gasteiger partial charge in [0.1, 0.15) is 5.76 Å². The van der Waals surface area contributed by atoms with Crippen molar-refractivity contribution in [2.45, 2.75) is 6.92 Å². The van der Waals surface area contributed by atoms with E-state index in [-0.39, 0.29) is 24.2 Å². The topological polar surface area (TPSA) is 78.7 Å². The van der Waals surface area contributed by atoms with Gasteiger partial charge in [0.2, 0.25) is 5.91 Å². The van der Waals surface area contributed by atoms with E-state index < -0.39 is 0 Å². The van der Waals surface area contributed by atoms with E-state index in [4.69, 9.17) is 4.52 Å². The van der Waals surface area contributed by atoms with E-state index in [0.29, 0.717) is 31.1 Å². The molecule has 0 radical (unpaired) electrons. The van der Waals surface area contributed by atoms with Gasteiger partial charge in [0, 0.05) is 51.4 Å². The number of carbonyl (C=O) groups is 2. The van der Waals surface area contributed by atoms with Crippen molar-refractivity contribution in [3.05, 3.63) is 59.5 Å². The van der Waals surface area contributed by atoms with Crippen molar-refractivity contribution in [3.8, 4) is 0 Å². The molecule has 1 N–H and O–H groups in total. The molecule has 0 atom stereocenters. The van der Waals surface area contributed by atoms with E-state index in [1.165, 1.54) is 0 Å². The average molecular weight is 405 g/mol. The summed E-state index contributed by atoms with van der Waals surface area (Å²) in [6.45, 7) is 5.95. The van der Waals surface area contributed by atoms with Crippen LogP contribution in [0.15, 0.2) is 47.0 Å². The summed E-state index contributed by atoms with van der Waals surface area (Å²) >= 11 is 0. The lowest BCUT2D eigenvalue weighted by Crippen LogP contribution is -2.50. The maximum absolute atomic E-state index is 12.3. The zero-order chi connectivity index (χ0) is 19.1. The second kappa shape index (κ2) is 10.6. The first-order valence-electron chi connectivity index (χ1n) is 9.08. The number of nitrogens with one attached hydrogen (secondary N) is 1. The molecule has 0 aliphatic carbocycles. The van der Waals surface area contributed by atoms with E-state index in [0.717, 1.165) is 25.2 Å². The molecule has 1 aromatic carbocycles. The van der Waals surface area contributed by atoms with Crippen molar-refractivity contribution in [1.82, 2.24) is 20.3 Å². The second-order valence-corrected chi connectivity index (χ2v) is 6.49. The summed E-state index contributed by atoms with van der Waals surface area (Å²) < 4.78 is 4.97. The lowest BCUT2D eigenvalue weighted by Gasteiger charge is -2.34. The van der Waals surface area contributed by atoms with Gasteiger partial charge in [0.15, 0.2) is 5.69 Å². The second-order valence-electron chi connectivity index (χ2n) is 6.49. The van der Waals surface area contributed by atoms with Crippen LogP contribution in [0.3, 0.4) is 0 Å². The number of piperazine rings is 1. The summed E-state index contributed by atoms with van der Waals surface area (Å²) in [7, 11) is 0. The van der Waals surface area contributed by atoms with Crippen molar-refractivity contribution < 1.29 is 14.1 Å². The van der Waals surface area contributed by atoms with Crippen molar-refractivity contribution in [2.24, 2.45) is 0 Å². The zero-order valence-electron chi connectivity index (χ0n) is 15.8. The molecule has 2 amide bonds. The number of halogens is 1. The quantitative estimate of drug-likeness (QED) is 0.745. The number of carbonyl (C=O) groups excluding carboxylic acids is 2. The van der Waals surface area contributed by atoms with Gasteiger partial charge in [0.05, 0.1) is 0 Å². The Kier molecular flexibility index (Phi) is 8.22. The summed E-state index contributed by atoms with van der Waals surface area (Å²) in [6, 6.07) is 11.4. The van der Waals surface area contributed by atoms with Gasteiger partial charge in [0.25, 0.3) is 5.91 Å². The van der Waals surface area contributed by atoms with Crippen LogP contribution in [-0.4, -0.2) is 66.0 Å². The van der Waals surface area contributed by atoms with Crippen LogP contribution in [0.5, 0.6) is 0 Å². The molecular formula is C20H25ClN4O3. The van der Waals surface area contributed by atoms with Crippen LogP contribution in [0, 0.1) is 6.92 Å². The van der Waals surface area contributed by atoms with Crippen LogP contribution in [-0.2, 0) is 4.79 Å². The SMILES string of the molecule is Cc1cc(C(=O)N2CCN(CCNC(=O)/C=C/c3ccccc3)CC2)no1.Cl. The fourth-order valence-electron chi connectivity index (χ4n) is 2.94. The maximum Gasteiger partial charge on any atom is 0.276 e. The van der Waals surface area contributed by atoms with E-state index in [1.54, 1.807) is 30.0 Å². The minimum absolute atomic E-state index is 0. The molecule has 1 aliphatic rings. The van der Waals surface area contributed by atoms with Crippen molar-refractivity contribution in [2.75, 3.05) is 39.3 Å². The minimum atomic E-state index is -0.103. The van der Waals surface area contributed by atoms with Gasteiger partial charge >= 0.3 is 0 Å². The summed E-state index contributed by atoms with van der Waals surface area (Å²) in [6.07, 6.45) is 3.34. The third kappa shape index (κ3) is 6.21. The number of hydrogen-bond donors (Lipinski definition) is 1.